The molecule has 0 bridgehead atoms. The van der Waals surface area contributed by atoms with Gasteiger partial charge in [-0.1, -0.05) is 53.7 Å². The van der Waals surface area contributed by atoms with Gasteiger partial charge in [-0.15, -0.1) is 0 Å². The fourth-order valence-electron chi connectivity index (χ4n) is 3.52. The van der Waals surface area contributed by atoms with E-state index in [1.165, 1.54) is 22.9 Å². The lowest BCUT2D eigenvalue weighted by atomic mass is 9.90. The Morgan fingerprint density at radius 2 is 2.00 bits per heavy atom. The molecule has 29 heavy (non-hydrogen) atoms. The average molecular weight is 406 g/mol. The lowest BCUT2D eigenvalue weighted by Crippen LogP contribution is -2.26. The van der Waals surface area contributed by atoms with Crippen molar-refractivity contribution >= 4 is 35.0 Å². The van der Waals surface area contributed by atoms with E-state index in [1.807, 2.05) is 37.3 Å². The molecular formula is C23H23N3O2S. The van der Waals surface area contributed by atoms with Crippen LogP contribution in [0.4, 0.5) is 5.69 Å². The number of fused-ring (bicyclic) bond motifs is 1. The van der Waals surface area contributed by atoms with Gasteiger partial charge in [-0.3, -0.25) is 14.6 Å². The molecule has 2 N–H and O–H groups in total. The number of nitrogens with zero attached hydrogens (tertiary/aromatic N) is 1. The molecule has 1 heterocycles. The molecule has 1 fully saturated rings. The van der Waals surface area contributed by atoms with Gasteiger partial charge >= 0.3 is 0 Å². The molecule has 2 aromatic rings. The molecular weight excluding hydrogens is 382 g/mol. The Morgan fingerprint density at radius 3 is 2.83 bits per heavy atom. The van der Waals surface area contributed by atoms with Crippen LogP contribution < -0.4 is 10.6 Å². The Bertz CT molecular complexity index is 995. The maximum absolute atomic E-state index is 12.3. The maximum atomic E-state index is 12.3. The Balaban J connectivity index is 1.39. The molecule has 2 amide bonds. The summed E-state index contributed by atoms with van der Waals surface area (Å²) < 4.78 is 0. The second kappa shape index (κ2) is 8.66. The van der Waals surface area contributed by atoms with E-state index < -0.39 is 5.25 Å². The first kappa shape index (κ1) is 19.5. The molecule has 6 heteroatoms. The van der Waals surface area contributed by atoms with Gasteiger partial charge in [0, 0.05) is 17.8 Å². The van der Waals surface area contributed by atoms with Gasteiger partial charge in [0.25, 0.3) is 0 Å². The van der Waals surface area contributed by atoms with Crippen molar-refractivity contribution in [1.29, 1.82) is 0 Å². The van der Waals surface area contributed by atoms with Crippen molar-refractivity contribution in [3.8, 4) is 0 Å². The largest absolute Gasteiger partial charge is 0.326 e. The van der Waals surface area contributed by atoms with Crippen LogP contribution in [0, 0.1) is 6.92 Å². The Morgan fingerprint density at radius 1 is 1.21 bits per heavy atom. The topological polar surface area (TPSA) is 70.6 Å². The highest BCUT2D eigenvalue weighted by Crippen LogP contribution is 2.30. The van der Waals surface area contributed by atoms with Crippen LogP contribution in [0.3, 0.4) is 0 Å². The van der Waals surface area contributed by atoms with Gasteiger partial charge in [0.05, 0.1) is 16.5 Å². The number of hydrogen-bond donors (Lipinski definition) is 2. The van der Waals surface area contributed by atoms with E-state index in [-0.39, 0.29) is 18.2 Å². The van der Waals surface area contributed by atoms with E-state index in [4.69, 9.17) is 0 Å². The standard InChI is InChI=1S/C23H23N3O2S/c1-15-9-11-17(12-10-15)25-21(27)13-20-23(28)26-22(29-20)14-24-19-8-4-6-16-5-2-3-7-18(16)19/h2-3,5,7,9-12,14,20H,4,6,8,13H2,1H3,(H,25,27)(H,26,28)/b22-14-,24-19?. The highest BCUT2D eigenvalue weighted by molar-refractivity contribution is 8.04. The van der Waals surface area contributed by atoms with Crippen molar-refractivity contribution in [3.63, 3.8) is 0 Å². The molecule has 5 nitrogen and oxygen atoms in total. The Kier molecular flexibility index (Phi) is 5.81. The van der Waals surface area contributed by atoms with Gasteiger partial charge in [-0.05, 0) is 49.4 Å². The van der Waals surface area contributed by atoms with Crippen LogP contribution in [0.15, 0.2) is 64.8 Å². The molecule has 1 atom stereocenters. The number of aliphatic imine (C=N–C) groups is 1. The zero-order valence-electron chi connectivity index (χ0n) is 16.3. The summed E-state index contributed by atoms with van der Waals surface area (Å²) in [6, 6.07) is 15.9. The number of thioether (sulfide) groups is 1. The van der Waals surface area contributed by atoms with Crippen LogP contribution >= 0.6 is 11.8 Å². The number of carbonyl (C=O) groups is 2. The molecule has 1 saturated heterocycles. The highest BCUT2D eigenvalue weighted by atomic mass is 32.2. The summed E-state index contributed by atoms with van der Waals surface area (Å²) in [5.74, 6) is -0.320. The third-order valence-electron chi connectivity index (χ3n) is 5.04. The summed E-state index contributed by atoms with van der Waals surface area (Å²) >= 11 is 1.36. The molecule has 4 rings (SSSR count). The second-order valence-electron chi connectivity index (χ2n) is 7.29. The predicted molar refractivity (Wildman–Crippen MR) is 118 cm³/mol. The number of rotatable bonds is 4. The summed E-state index contributed by atoms with van der Waals surface area (Å²) in [5, 5.41) is 5.94. The smallest absolute Gasteiger partial charge is 0.238 e. The first-order chi connectivity index (χ1) is 14.1. The minimum Gasteiger partial charge on any atom is -0.326 e. The second-order valence-corrected chi connectivity index (χ2v) is 8.54. The van der Waals surface area contributed by atoms with Gasteiger partial charge < -0.3 is 10.6 Å². The zero-order valence-corrected chi connectivity index (χ0v) is 17.1. The summed E-state index contributed by atoms with van der Waals surface area (Å²) in [6.45, 7) is 1.99. The van der Waals surface area contributed by atoms with Crippen LogP contribution in [0.5, 0.6) is 0 Å². The molecule has 1 aliphatic heterocycles. The molecule has 1 aliphatic carbocycles. The molecule has 2 aromatic carbocycles. The fraction of sp³-hybridized carbons (Fsp3) is 0.261. The van der Waals surface area contributed by atoms with Crippen molar-refractivity contribution in [1.82, 2.24) is 5.32 Å². The SMILES string of the molecule is Cc1ccc(NC(=O)CC2S/C(=C\N=C3CCCc4ccccc43)NC2=O)cc1. The van der Waals surface area contributed by atoms with Crippen LogP contribution in [-0.4, -0.2) is 22.8 Å². The molecule has 0 aromatic heterocycles. The van der Waals surface area contributed by atoms with Crippen molar-refractivity contribution in [2.75, 3.05) is 5.32 Å². The number of carbonyl (C=O) groups excluding carboxylic acids is 2. The van der Waals surface area contributed by atoms with E-state index in [0.717, 1.165) is 36.2 Å². The van der Waals surface area contributed by atoms with Crippen molar-refractivity contribution < 1.29 is 9.59 Å². The van der Waals surface area contributed by atoms with Crippen molar-refractivity contribution in [2.24, 2.45) is 4.99 Å². The summed E-state index contributed by atoms with van der Waals surface area (Å²) in [6.07, 6.45) is 4.94. The van der Waals surface area contributed by atoms with Crippen molar-refractivity contribution in [3.05, 3.63) is 76.5 Å². The van der Waals surface area contributed by atoms with Crippen LogP contribution in [0.25, 0.3) is 0 Å². The molecule has 148 valence electrons. The van der Waals surface area contributed by atoms with Crippen LogP contribution in [0.1, 0.15) is 36.0 Å². The van der Waals surface area contributed by atoms with E-state index in [1.54, 1.807) is 6.20 Å². The number of aryl methyl sites for hydroxylation is 2. The van der Waals surface area contributed by atoms with Crippen LogP contribution in [0.2, 0.25) is 0 Å². The lowest BCUT2D eigenvalue weighted by Gasteiger charge is -2.17. The van der Waals surface area contributed by atoms with E-state index in [2.05, 4.69) is 33.8 Å². The van der Waals surface area contributed by atoms with Gasteiger partial charge in [0.15, 0.2) is 0 Å². The zero-order chi connectivity index (χ0) is 20.2. The monoisotopic (exact) mass is 405 g/mol. The first-order valence-electron chi connectivity index (χ1n) is 9.77. The lowest BCUT2D eigenvalue weighted by molar-refractivity contribution is -0.122. The Hall–Kier alpha value is -2.86. The van der Waals surface area contributed by atoms with Crippen LogP contribution in [-0.2, 0) is 16.0 Å². The predicted octanol–water partition coefficient (Wildman–Crippen LogP) is 4.18. The summed E-state index contributed by atoms with van der Waals surface area (Å²) in [4.78, 5) is 29.2. The normalized spacial score (nSPS) is 21.1. The first-order valence-corrected chi connectivity index (χ1v) is 10.7. The van der Waals surface area contributed by atoms with Gasteiger partial charge in [0.1, 0.15) is 0 Å². The minimum absolute atomic E-state index is 0.126. The average Bonchev–Trinajstić information content (AvgIpc) is 3.07. The fourth-order valence-corrected chi connectivity index (χ4v) is 4.50. The number of nitrogens with one attached hydrogen (secondary N) is 2. The number of amides is 2. The van der Waals surface area contributed by atoms with Crippen molar-refractivity contribution in [2.45, 2.75) is 37.9 Å². The summed E-state index contributed by atoms with van der Waals surface area (Å²) in [7, 11) is 0. The van der Waals surface area contributed by atoms with Gasteiger partial charge in [0.2, 0.25) is 11.8 Å². The highest BCUT2D eigenvalue weighted by Gasteiger charge is 2.31. The number of benzene rings is 2. The number of anilines is 1. The Labute approximate surface area is 174 Å². The van der Waals surface area contributed by atoms with Gasteiger partial charge in [-0.25, -0.2) is 0 Å². The quantitative estimate of drug-likeness (QED) is 0.802. The van der Waals surface area contributed by atoms with Gasteiger partial charge in [-0.2, -0.15) is 0 Å². The summed E-state index contributed by atoms with van der Waals surface area (Å²) in [5.41, 5.74) is 5.44. The third kappa shape index (κ3) is 4.77. The third-order valence-corrected chi connectivity index (χ3v) is 6.17. The molecule has 0 spiro atoms. The van der Waals surface area contributed by atoms with E-state index in [0.29, 0.717) is 5.03 Å². The molecule has 0 radical (unpaired) electrons. The molecule has 2 aliphatic rings. The van der Waals surface area contributed by atoms with E-state index in [9.17, 15) is 9.59 Å². The maximum Gasteiger partial charge on any atom is 0.238 e. The molecule has 1 unspecified atom stereocenters. The number of hydrogen-bond acceptors (Lipinski definition) is 4. The van der Waals surface area contributed by atoms with E-state index >= 15 is 0 Å². The molecule has 0 saturated carbocycles. The minimum atomic E-state index is -0.439.